The summed E-state index contributed by atoms with van der Waals surface area (Å²) in [5.74, 6) is -1.59. The maximum absolute atomic E-state index is 12.0. The molecule has 0 heterocycles. The van der Waals surface area contributed by atoms with Gasteiger partial charge >= 0.3 is 5.97 Å². The Balaban J connectivity index is 1.97. The number of hydrogen-bond acceptors (Lipinski definition) is 6. The highest BCUT2D eigenvalue weighted by Crippen LogP contribution is 2.15. The number of amides is 1. The predicted octanol–water partition coefficient (Wildman–Crippen LogP) is 1.98. The molecule has 28 heavy (non-hydrogen) atoms. The molecule has 0 unspecified atom stereocenters. The average Bonchev–Trinajstić information content (AvgIpc) is 2.66. The summed E-state index contributed by atoms with van der Waals surface area (Å²) in [6.07, 6.45) is 0. The normalized spacial score (nSPS) is 10.9. The van der Waals surface area contributed by atoms with E-state index in [1.54, 1.807) is 31.2 Å². The highest BCUT2D eigenvalue weighted by molar-refractivity contribution is 7.89. The van der Waals surface area contributed by atoms with Crippen LogP contribution in [0.2, 0.25) is 0 Å². The van der Waals surface area contributed by atoms with E-state index >= 15 is 0 Å². The molecule has 0 aliphatic carbocycles. The number of hydrogen-bond donors (Lipinski definition) is 2. The van der Waals surface area contributed by atoms with Gasteiger partial charge in [0.15, 0.2) is 12.4 Å². The Morgan fingerprint density at radius 2 is 1.64 bits per heavy atom. The molecule has 2 N–H and O–H groups in total. The van der Waals surface area contributed by atoms with E-state index in [0.717, 1.165) is 0 Å². The van der Waals surface area contributed by atoms with Gasteiger partial charge in [-0.1, -0.05) is 19.1 Å². The van der Waals surface area contributed by atoms with E-state index in [-0.39, 0.29) is 22.8 Å². The number of nitrogens with one attached hydrogen (secondary N) is 2. The lowest BCUT2D eigenvalue weighted by Gasteiger charge is -2.10. The molecule has 2 aromatic rings. The Morgan fingerprint density at radius 1 is 1.00 bits per heavy atom. The van der Waals surface area contributed by atoms with Gasteiger partial charge in [-0.3, -0.25) is 9.59 Å². The predicted molar refractivity (Wildman–Crippen MR) is 103 cm³/mol. The van der Waals surface area contributed by atoms with Crippen LogP contribution in [0.25, 0.3) is 0 Å². The minimum absolute atomic E-state index is 0.0180. The number of esters is 1. The number of Topliss-reactive ketones (excluding diaryl/α,β-unsaturated/α-hetero) is 1. The van der Waals surface area contributed by atoms with E-state index in [4.69, 9.17) is 4.74 Å². The first-order valence-electron chi connectivity index (χ1n) is 8.41. The summed E-state index contributed by atoms with van der Waals surface area (Å²) < 4.78 is 31.0. The third-order valence-corrected chi connectivity index (χ3v) is 5.21. The Hall–Kier alpha value is -3.04. The zero-order valence-electron chi connectivity index (χ0n) is 15.4. The molecule has 0 aromatic heterocycles. The van der Waals surface area contributed by atoms with Crippen molar-refractivity contribution in [3.8, 4) is 0 Å². The van der Waals surface area contributed by atoms with Gasteiger partial charge in [-0.15, -0.1) is 0 Å². The van der Waals surface area contributed by atoms with Gasteiger partial charge in [-0.25, -0.2) is 17.9 Å². The van der Waals surface area contributed by atoms with Crippen LogP contribution < -0.4 is 10.0 Å². The van der Waals surface area contributed by atoms with Crippen molar-refractivity contribution < 1.29 is 27.5 Å². The highest BCUT2D eigenvalue weighted by atomic mass is 32.2. The summed E-state index contributed by atoms with van der Waals surface area (Å²) in [7, 11) is -3.62. The summed E-state index contributed by atoms with van der Waals surface area (Å²) in [5.41, 5.74) is 0.779. The lowest BCUT2D eigenvalue weighted by Crippen LogP contribution is -2.23. The molecule has 0 bridgehead atoms. The van der Waals surface area contributed by atoms with Gasteiger partial charge in [0.25, 0.3) is 5.91 Å². The number of sulfonamides is 1. The van der Waals surface area contributed by atoms with Crippen molar-refractivity contribution in [3.05, 3.63) is 59.7 Å². The van der Waals surface area contributed by atoms with E-state index in [9.17, 15) is 22.8 Å². The standard InChI is InChI=1S/C19H20N2O6S/c1-3-20-28(25,26)15-10-8-14(9-11-15)19(24)27-12-18(23)21-17-7-5-4-6-16(17)13(2)22/h4-11,20H,3,12H2,1-2H3,(H,21,23). The molecule has 2 aromatic carbocycles. The van der Waals surface area contributed by atoms with Crippen LogP contribution in [0.15, 0.2) is 53.4 Å². The zero-order valence-corrected chi connectivity index (χ0v) is 16.2. The van der Waals surface area contributed by atoms with Crippen molar-refractivity contribution in [1.82, 2.24) is 4.72 Å². The highest BCUT2D eigenvalue weighted by Gasteiger charge is 2.16. The van der Waals surface area contributed by atoms with E-state index in [0.29, 0.717) is 11.3 Å². The number of carbonyl (C=O) groups excluding carboxylic acids is 3. The molecule has 0 aliphatic rings. The first-order valence-corrected chi connectivity index (χ1v) is 9.89. The van der Waals surface area contributed by atoms with E-state index in [1.807, 2.05) is 0 Å². The molecule has 0 aliphatic heterocycles. The fourth-order valence-corrected chi connectivity index (χ4v) is 3.38. The molecule has 0 atom stereocenters. The number of ketones is 1. The number of anilines is 1. The third kappa shape index (κ3) is 5.48. The Kier molecular flexibility index (Phi) is 7.02. The molecule has 8 nitrogen and oxygen atoms in total. The fourth-order valence-electron chi connectivity index (χ4n) is 2.34. The van der Waals surface area contributed by atoms with Crippen LogP contribution in [0.4, 0.5) is 5.69 Å². The van der Waals surface area contributed by atoms with E-state index < -0.39 is 28.5 Å². The minimum atomic E-state index is -3.62. The number of para-hydroxylation sites is 1. The summed E-state index contributed by atoms with van der Waals surface area (Å²) >= 11 is 0. The first-order chi connectivity index (χ1) is 13.2. The minimum Gasteiger partial charge on any atom is -0.452 e. The van der Waals surface area contributed by atoms with Gasteiger partial charge < -0.3 is 10.1 Å². The Bertz CT molecular complexity index is 984. The molecule has 2 rings (SSSR count). The monoisotopic (exact) mass is 404 g/mol. The van der Waals surface area contributed by atoms with Crippen molar-refractivity contribution in [2.24, 2.45) is 0 Å². The van der Waals surface area contributed by atoms with E-state index in [1.165, 1.54) is 31.2 Å². The number of ether oxygens (including phenoxy) is 1. The number of rotatable bonds is 8. The molecule has 148 valence electrons. The summed E-state index contributed by atoms with van der Waals surface area (Å²) in [6, 6.07) is 11.6. The largest absolute Gasteiger partial charge is 0.452 e. The summed E-state index contributed by atoms with van der Waals surface area (Å²) in [6.45, 7) is 2.73. The number of carbonyl (C=O) groups is 3. The Morgan fingerprint density at radius 3 is 2.25 bits per heavy atom. The molecule has 0 saturated heterocycles. The second-order valence-corrected chi connectivity index (χ2v) is 7.52. The zero-order chi connectivity index (χ0) is 20.7. The summed E-state index contributed by atoms with van der Waals surface area (Å²) in [5, 5.41) is 2.52. The quantitative estimate of drug-likeness (QED) is 0.513. The molecule has 0 spiro atoms. The van der Waals surface area contributed by atoms with Crippen LogP contribution in [-0.2, 0) is 19.6 Å². The molecular weight excluding hydrogens is 384 g/mol. The average molecular weight is 404 g/mol. The van der Waals surface area contributed by atoms with Crippen LogP contribution in [-0.4, -0.2) is 39.2 Å². The third-order valence-electron chi connectivity index (χ3n) is 3.65. The van der Waals surface area contributed by atoms with Crippen molar-refractivity contribution in [1.29, 1.82) is 0 Å². The van der Waals surface area contributed by atoms with Gasteiger partial charge in [-0.2, -0.15) is 0 Å². The van der Waals surface area contributed by atoms with Gasteiger partial charge in [-0.05, 0) is 43.3 Å². The second kappa shape index (κ2) is 9.25. The molecule has 9 heteroatoms. The smallest absolute Gasteiger partial charge is 0.338 e. The van der Waals surface area contributed by atoms with Gasteiger partial charge in [0.1, 0.15) is 0 Å². The van der Waals surface area contributed by atoms with Crippen LogP contribution in [0.3, 0.4) is 0 Å². The van der Waals surface area contributed by atoms with Crippen LogP contribution in [0.1, 0.15) is 34.6 Å². The number of benzene rings is 2. The van der Waals surface area contributed by atoms with Crippen molar-refractivity contribution in [2.75, 3.05) is 18.5 Å². The van der Waals surface area contributed by atoms with Crippen LogP contribution in [0.5, 0.6) is 0 Å². The van der Waals surface area contributed by atoms with Gasteiger partial charge in [0.2, 0.25) is 10.0 Å². The second-order valence-electron chi connectivity index (χ2n) is 5.75. The first kappa shape index (κ1) is 21.3. The van der Waals surface area contributed by atoms with Crippen molar-refractivity contribution >= 4 is 33.4 Å². The molecule has 0 radical (unpaired) electrons. The SMILES string of the molecule is CCNS(=O)(=O)c1ccc(C(=O)OCC(=O)Nc2ccccc2C(C)=O)cc1. The van der Waals surface area contributed by atoms with E-state index in [2.05, 4.69) is 10.0 Å². The van der Waals surface area contributed by atoms with Crippen molar-refractivity contribution in [2.45, 2.75) is 18.7 Å². The van der Waals surface area contributed by atoms with Crippen LogP contribution >= 0.6 is 0 Å². The maximum atomic E-state index is 12.0. The van der Waals surface area contributed by atoms with Crippen LogP contribution in [0, 0.1) is 0 Å². The van der Waals surface area contributed by atoms with Gasteiger partial charge in [0, 0.05) is 12.1 Å². The van der Waals surface area contributed by atoms with Crippen molar-refractivity contribution in [3.63, 3.8) is 0 Å². The molecule has 0 saturated carbocycles. The Labute approximate surface area is 163 Å². The van der Waals surface area contributed by atoms with Gasteiger partial charge in [0.05, 0.1) is 16.1 Å². The lowest BCUT2D eigenvalue weighted by atomic mass is 10.1. The topological polar surface area (TPSA) is 119 Å². The molecular formula is C19H20N2O6S. The fraction of sp³-hybridized carbons (Fsp3) is 0.211. The molecule has 1 amide bonds. The maximum Gasteiger partial charge on any atom is 0.338 e. The lowest BCUT2D eigenvalue weighted by molar-refractivity contribution is -0.119. The molecule has 0 fully saturated rings. The summed E-state index contributed by atoms with van der Waals surface area (Å²) in [4.78, 5) is 35.6.